The van der Waals surface area contributed by atoms with E-state index in [0.717, 1.165) is 25.1 Å². The number of thioether (sulfide) groups is 1. The lowest BCUT2D eigenvalue weighted by atomic mass is 9.96. The van der Waals surface area contributed by atoms with E-state index < -0.39 is 0 Å². The van der Waals surface area contributed by atoms with E-state index >= 15 is 0 Å². The van der Waals surface area contributed by atoms with Crippen LogP contribution in [0.3, 0.4) is 0 Å². The summed E-state index contributed by atoms with van der Waals surface area (Å²) in [6.07, 6.45) is 5.39. The molecule has 2 atom stereocenters. The van der Waals surface area contributed by atoms with Crippen LogP contribution >= 0.6 is 11.8 Å². The van der Waals surface area contributed by atoms with Crippen LogP contribution in [0.1, 0.15) is 31.7 Å². The smallest absolute Gasteiger partial charge is 0.222 e. The van der Waals surface area contributed by atoms with Crippen LogP contribution < -0.4 is 10.2 Å². The van der Waals surface area contributed by atoms with E-state index in [2.05, 4.69) is 41.4 Å². The number of rotatable bonds is 8. The van der Waals surface area contributed by atoms with Gasteiger partial charge in [-0.25, -0.2) is 0 Å². The Morgan fingerprint density at radius 1 is 1.48 bits per heavy atom. The van der Waals surface area contributed by atoms with Crippen molar-refractivity contribution in [3.63, 3.8) is 0 Å². The number of nitrogens with one attached hydrogen (secondary N) is 1. The van der Waals surface area contributed by atoms with Crippen LogP contribution in [0, 0.1) is 0 Å². The Kier molecular flexibility index (Phi) is 7.24. The summed E-state index contributed by atoms with van der Waals surface area (Å²) in [5, 5.41) is 12.1. The van der Waals surface area contributed by atoms with Crippen molar-refractivity contribution in [3.05, 3.63) is 29.8 Å². The molecule has 0 radical (unpaired) electrons. The average Bonchev–Trinajstić information content (AvgIpc) is 2.54. The Morgan fingerprint density at radius 3 is 3.00 bits per heavy atom. The number of anilines is 1. The van der Waals surface area contributed by atoms with Crippen molar-refractivity contribution in [3.8, 4) is 0 Å². The van der Waals surface area contributed by atoms with Crippen LogP contribution in [-0.2, 0) is 11.2 Å². The van der Waals surface area contributed by atoms with Crippen molar-refractivity contribution < 1.29 is 9.90 Å². The first-order valence-electron chi connectivity index (χ1n) is 8.39. The number of amides is 1. The van der Waals surface area contributed by atoms with Gasteiger partial charge in [-0.3, -0.25) is 4.79 Å². The van der Waals surface area contributed by atoms with Crippen LogP contribution in [0.25, 0.3) is 0 Å². The molecule has 1 aliphatic heterocycles. The molecule has 23 heavy (non-hydrogen) atoms. The molecule has 128 valence electrons. The number of aliphatic hydroxyl groups is 1. The first-order valence-corrected chi connectivity index (χ1v) is 9.78. The second-order valence-corrected chi connectivity index (χ2v) is 7.10. The van der Waals surface area contributed by atoms with Gasteiger partial charge in [-0.2, -0.15) is 11.8 Å². The number of hydrogen-bond donors (Lipinski definition) is 2. The van der Waals surface area contributed by atoms with Gasteiger partial charge < -0.3 is 15.3 Å². The molecule has 1 aromatic carbocycles. The molecule has 2 unspecified atom stereocenters. The molecule has 1 aromatic rings. The summed E-state index contributed by atoms with van der Waals surface area (Å²) >= 11 is 1.69. The second kappa shape index (κ2) is 9.18. The quantitative estimate of drug-likeness (QED) is 0.766. The summed E-state index contributed by atoms with van der Waals surface area (Å²) in [4.78, 5) is 14.6. The molecular weight excluding hydrogens is 308 g/mol. The molecule has 1 aliphatic rings. The van der Waals surface area contributed by atoms with Gasteiger partial charge in [-0.05, 0) is 44.1 Å². The molecule has 0 bridgehead atoms. The highest BCUT2D eigenvalue weighted by atomic mass is 32.2. The molecule has 0 spiro atoms. The Morgan fingerprint density at radius 2 is 2.26 bits per heavy atom. The fourth-order valence-electron chi connectivity index (χ4n) is 3.18. The third-order valence-corrected chi connectivity index (χ3v) is 5.19. The molecule has 1 amide bonds. The van der Waals surface area contributed by atoms with Crippen molar-refractivity contribution in [1.82, 2.24) is 5.32 Å². The summed E-state index contributed by atoms with van der Waals surface area (Å²) in [6, 6.07) is 9.03. The van der Waals surface area contributed by atoms with Gasteiger partial charge in [0.25, 0.3) is 0 Å². The van der Waals surface area contributed by atoms with Gasteiger partial charge in [0.1, 0.15) is 0 Å². The Hall–Kier alpha value is -1.20. The molecule has 4 nitrogen and oxygen atoms in total. The van der Waals surface area contributed by atoms with E-state index in [9.17, 15) is 4.79 Å². The van der Waals surface area contributed by atoms with Gasteiger partial charge >= 0.3 is 0 Å². The predicted octanol–water partition coefficient (Wildman–Crippen LogP) is 2.45. The molecular formula is C18H28N2O2S. The summed E-state index contributed by atoms with van der Waals surface area (Å²) in [7, 11) is 0. The largest absolute Gasteiger partial charge is 0.396 e. The van der Waals surface area contributed by atoms with Crippen molar-refractivity contribution in [1.29, 1.82) is 0 Å². The van der Waals surface area contributed by atoms with Gasteiger partial charge in [0.2, 0.25) is 5.91 Å². The van der Waals surface area contributed by atoms with Crippen LogP contribution in [0.4, 0.5) is 5.69 Å². The Labute approximate surface area is 143 Å². The molecule has 0 fully saturated rings. The lowest BCUT2D eigenvalue weighted by Gasteiger charge is -2.37. The number of nitrogens with zero attached hydrogens (tertiary/aromatic N) is 1. The number of fused-ring (bicyclic) bond motifs is 1. The van der Waals surface area contributed by atoms with E-state index in [1.165, 1.54) is 11.3 Å². The van der Waals surface area contributed by atoms with Crippen LogP contribution in [-0.4, -0.2) is 48.3 Å². The summed E-state index contributed by atoms with van der Waals surface area (Å²) in [5.74, 6) is 0.919. The molecule has 1 heterocycles. The first-order chi connectivity index (χ1) is 11.2. The number of carbonyl (C=O) groups is 1. The molecule has 2 rings (SSSR count). The van der Waals surface area contributed by atoms with E-state index in [0.29, 0.717) is 18.9 Å². The minimum atomic E-state index is 0.0635. The lowest BCUT2D eigenvalue weighted by molar-refractivity contribution is -0.121. The predicted molar refractivity (Wildman–Crippen MR) is 98.2 cm³/mol. The van der Waals surface area contributed by atoms with E-state index in [1.807, 2.05) is 6.26 Å². The fourth-order valence-corrected chi connectivity index (χ4v) is 3.83. The zero-order valence-corrected chi connectivity index (χ0v) is 14.9. The molecule has 2 N–H and O–H groups in total. The van der Waals surface area contributed by atoms with Gasteiger partial charge in [-0.15, -0.1) is 0 Å². The number of hydrogen-bond acceptors (Lipinski definition) is 4. The van der Waals surface area contributed by atoms with E-state index in [-0.39, 0.29) is 18.6 Å². The van der Waals surface area contributed by atoms with E-state index in [1.54, 1.807) is 11.8 Å². The monoisotopic (exact) mass is 336 g/mol. The van der Waals surface area contributed by atoms with Crippen LogP contribution in [0.15, 0.2) is 24.3 Å². The van der Waals surface area contributed by atoms with Crippen molar-refractivity contribution in [2.24, 2.45) is 0 Å². The zero-order valence-electron chi connectivity index (χ0n) is 14.1. The zero-order chi connectivity index (χ0) is 16.7. The Balaban J connectivity index is 1.91. The maximum Gasteiger partial charge on any atom is 0.222 e. The maximum atomic E-state index is 12.2. The Bertz CT molecular complexity index is 504. The molecule has 0 saturated carbocycles. The first kappa shape index (κ1) is 18.1. The highest BCUT2D eigenvalue weighted by Crippen LogP contribution is 2.30. The standard InChI is InChI=1S/C18H28N2O2S/c1-14-7-8-15-5-3-4-6-17(15)20(14)11-9-18(22)19-16(10-12-21)13-23-2/h3-6,14,16,21H,7-13H2,1-2H3,(H,19,22). The third kappa shape index (κ3) is 5.15. The minimum Gasteiger partial charge on any atom is -0.396 e. The van der Waals surface area contributed by atoms with Crippen molar-refractivity contribution >= 4 is 23.4 Å². The lowest BCUT2D eigenvalue weighted by Crippen LogP contribution is -2.42. The number of aryl methyl sites for hydroxylation is 1. The number of benzene rings is 1. The summed E-state index contributed by atoms with van der Waals surface area (Å²) < 4.78 is 0. The summed E-state index contributed by atoms with van der Waals surface area (Å²) in [6.45, 7) is 3.09. The highest BCUT2D eigenvalue weighted by molar-refractivity contribution is 7.98. The van der Waals surface area contributed by atoms with Crippen LogP contribution in [0.5, 0.6) is 0 Å². The van der Waals surface area contributed by atoms with E-state index in [4.69, 9.17) is 5.11 Å². The van der Waals surface area contributed by atoms with Crippen molar-refractivity contribution in [2.75, 3.05) is 30.1 Å². The van der Waals surface area contributed by atoms with Gasteiger partial charge in [0.15, 0.2) is 0 Å². The molecule has 0 saturated heterocycles. The normalized spacial score (nSPS) is 18.4. The molecule has 5 heteroatoms. The second-order valence-electron chi connectivity index (χ2n) is 6.19. The average molecular weight is 337 g/mol. The number of carbonyl (C=O) groups excluding carboxylic acids is 1. The number of para-hydroxylation sites is 1. The molecule has 0 aliphatic carbocycles. The highest BCUT2D eigenvalue weighted by Gasteiger charge is 2.23. The summed E-state index contributed by atoms with van der Waals surface area (Å²) in [5.41, 5.74) is 2.65. The number of aliphatic hydroxyl groups excluding tert-OH is 1. The maximum absolute atomic E-state index is 12.2. The van der Waals surface area contributed by atoms with Crippen molar-refractivity contribution in [2.45, 2.75) is 44.7 Å². The fraction of sp³-hybridized carbons (Fsp3) is 0.611. The van der Waals surface area contributed by atoms with Gasteiger partial charge in [0, 0.05) is 43.1 Å². The minimum absolute atomic E-state index is 0.0635. The SMILES string of the molecule is CSCC(CCO)NC(=O)CCN1c2ccccc2CCC1C. The van der Waals surface area contributed by atoms with Gasteiger partial charge in [0.05, 0.1) is 0 Å². The third-order valence-electron chi connectivity index (χ3n) is 4.45. The topological polar surface area (TPSA) is 52.6 Å². The van der Waals surface area contributed by atoms with Gasteiger partial charge in [-0.1, -0.05) is 18.2 Å². The molecule has 0 aromatic heterocycles. The van der Waals surface area contributed by atoms with Crippen LogP contribution in [0.2, 0.25) is 0 Å².